The molecular weight excluding hydrogens is 292 g/mol. The molecule has 2 fully saturated rings. The van der Waals surface area contributed by atoms with Gasteiger partial charge in [-0.1, -0.05) is 6.92 Å². The topological polar surface area (TPSA) is 50.8 Å². The first-order valence-electron chi connectivity index (χ1n) is 9.06. The molecule has 2 saturated heterocycles. The van der Waals surface area contributed by atoms with Gasteiger partial charge in [-0.2, -0.15) is 0 Å². The van der Waals surface area contributed by atoms with E-state index in [9.17, 15) is 4.79 Å². The number of hydrogen-bond donors (Lipinski definition) is 1. The van der Waals surface area contributed by atoms with E-state index in [0.29, 0.717) is 12.0 Å². The van der Waals surface area contributed by atoms with Gasteiger partial charge in [-0.3, -0.25) is 0 Å². The Morgan fingerprint density at radius 3 is 2.78 bits per heavy atom. The highest BCUT2D eigenvalue weighted by molar-refractivity contribution is 5.68. The molecule has 0 radical (unpaired) electrons. The van der Waals surface area contributed by atoms with Crippen LogP contribution < -0.4 is 5.32 Å². The first-order valence-corrected chi connectivity index (χ1v) is 9.06. The molecule has 2 heterocycles. The Morgan fingerprint density at radius 1 is 1.39 bits per heavy atom. The number of nitrogens with zero attached hydrogens (tertiary/aromatic N) is 1. The fraction of sp³-hybridized carbons (Fsp3) is 0.944. The molecule has 3 unspecified atom stereocenters. The minimum Gasteiger partial charge on any atom is -0.444 e. The summed E-state index contributed by atoms with van der Waals surface area (Å²) >= 11 is 0. The lowest BCUT2D eigenvalue weighted by Crippen LogP contribution is -2.46. The molecule has 0 saturated carbocycles. The Balaban J connectivity index is 1.73. The number of carbonyl (C=O) groups is 1. The molecule has 0 aromatic carbocycles. The first kappa shape index (κ1) is 18.5. The number of nitrogens with one attached hydrogen (secondary N) is 1. The normalized spacial score (nSPS) is 32.1. The summed E-state index contributed by atoms with van der Waals surface area (Å²) in [5.74, 6) is 0.526. The van der Waals surface area contributed by atoms with Crippen molar-refractivity contribution in [2.45, 2.75) is 77.5 Å². The second-order valence-corrected chi connectivity index (χ2v) is 8.33. The van der Waals surface area contributed by atoms with Crippen molar-refractivity contribution < 1.29 is 14.3 Å². The Labute approximate surface area is 141 Å². The number of likely N-dealkylation sites (tertiary alicyclic amines) is 1. The number of carbonyl (C=O) groups excluding carboxylic acids is 1. The van der Waals surface area contributed by atoms with Crippen molar-refractivity contribution in [2.75, 3.05) is 26.2 Å². The smallest absolute Gasteiger partial charge is 0.410 e. The van der Waals surface area contributed by atoms with Gasteiger partial charge < -0.3 is 19.7 Å². The molecule has 0 aromatic heterocycles. The van der Waals surface area contributed by atoms with Crippen LogP contribution in [-0.2, 0) is 9.47 Å². The second-order valence-electron chi connectivity index (χ2n) is 8.33. The number of ether oxygens (including phenoxy) is 2. The van der Waals surface area contributed by atoms with E-state index >= 15 is 0 Å². The van der Waals surface area contributed by atoms with Gasteiger partial charge in [0.2, 0.25) is 0 Å². The lowest BCUT2D eigenvalue weighted by molar-refractivity contribution is -0.0781. The molecule has 0 aliphatic carbocycles. The van der Waals surface area contributed by atoms with Crippen molar-refractivity contribution in [1.29, 1.82) is 0 Å². The lowest BCUT2D eigenvalue weighted by atomic mass is 9.89. The zero-order chi connectivity index (χ0) is 17.1. The van der Waals surface area contributed by atoms with E-state index in [-0.39, 0.29) is 11.7 Å². The minimum absolute atomic E-state index is 0.0220. The number of rotatable bonds is 4. The average Bonchev–Trinajstić information content (AvgIpc) is 2.93. The Kier molecular flexibility index (Phi) is 5.95. The van der Waals surface area contributed by atoms with Crippen LogP contribution in [-0.4, -0.2) is 54.5 Å². The van der Waals surface area contributed by atoms with Gasteiger partial charge >= 0.3 is 6.09 Å². The maximum absolute atomic E-state index is 12.1. The molecule has 5 nitrogen and oxygen atoms in total. The van der Waals surface area contributed by atoms with Crippen molar-refractivity contribution in [1.82, 2.24) is 10.2 Å². The van der Waals surface area contributed by atoms with Crippen LogP contribution in [0.25, 0.3) is 0 Å². The molecule has 23 heavy (non-hydrogen) atoms. The highest BCUT2D eigenvalue weighted by atomic mass is 16.6. The standard InChI is InChI=1S/C18H34N2O3/c1-6-18(5)11-15(8-10-22-18)19-12-14-7-9-20(13-14)16(21)23-17(2,3)4/h14-15,19H,6-13H2,1-5H3. The fourth-order valence-corrected chi connectivity index (χ4v) is 3.38. The molecule has 0 spiro atoms. The average molecular weight is 326 g/mol. The van der Waals surface area contributed by atoms with Gasteiger partial charge in [0, 0.05) is 25.7 Å². The van der Waals surface area contributed by atoms with Gasteiger partial charge in [0.15, 0.2) is 0 Å². The molecule has 0 bridgehead atoms. The molecule has 3 atom stereocenters. The van der Waals surface area contributed by atoms with E-state index in [1.807, 2.05) is 25.7 Å². The molecule has 2 rings (SSSR count). The van der Waals surface area contributed by atoms with Crippen molar-refractivity contribution in [3.05, 3.63) is 0 Å². The summed E-state index contributed by atoms with van der Waals surface area (Å²) in [5, 5.41) is 3.70. The van der Waals surface area contributed by atoms with Crippen LogP contribution in [0.4, 0.5) is 4.79 Å². The van der Waals surface area contributed by atoms with E-state index in [2.05, 4.69) is 19.2 Å². The summed E-state index contributed by atoms with van der Waals surface area (Å²) in [6.07, 6.45) is 4.09. The SMILES string of the molecule is CCC1(C)CC(NCC2CCN(C(=O)OC(C)(C)C)C2)CCO1. The van der Waals surface area contributed by atoms with E-state index in [1.165, 1.54) is 0 Å². The zero-order valence-electron chi connectivity index (χ0n) is 15.5. The van der Waals surface area contributed by atoms with Crippen molar-refractivity contribution in [3.63, 3.8) is 0 Å². The quantitative estimate of drug-likeness (QED) is 0.862. The van der Waals surface area contributed by atoms with Crippen LogP contribution in [0.2, 0.25) is 0 Å². The molecule has 1 N–H and O–H groups in total. The minimum atomic E-state index is -0.417. The number of amides is 1. The van der Waals surface area contributed by atoms with Crippen LogP contribution in [0.3, 0.4) is 0 Å². The predicted octanol–water partition coefficient (Wildman–Crippen LogP) is 3.18. The fourth-order valence-electron chi connectivity index (χ4n) is 3.38. The molecule has 2 aliphatic heterocycles. The van der Waals surface area contributed by atoms with Gasteiger partial charge in [0.05, 0.1) is 5.60 Å². The summed E-state index contributed by atoms with van der Waals surface area (Å²) in [7, 11) is 0. The predicted molar refractivity (Wildman–Crippen MR) is 91.6 cm³/mol. The maximum Gasteiger partial charge on any atom is 0.410 e. The third kappa shape index (κ3) is 5.64. The summed E-state index contributed by atoms with van der Waals surface area (Å²) in [6.45, 7) is 13.6. The second kappa shape index (κ2) is 7.39. The van der Waals surface area contributed by atoms with Crippen LogP contribution >= 0.6 is 0 Å². The molecule has 134 valence electrons. The van der Waals surface area contributed by atoms with Crippen molar-refractivity contribution >= 4 is 6.09 Å². The van der Waals surface area contributed by atoms with Crippen molar-refractivity contribution in [3.8, 4) is 0 Å². The van der Waals surface area contributed by atoms with Gasteiger partial charge in [0.25, 0.3) is 0 Å². The number of hydrogen-bond acceptors (Lipinski definition) is 4. The Bertz CT molecular complexity index is 408. The summed E-state index contributed by atoms with van der Waals surface area (Å²) in [5.41, 5.74) is -0.395. The highest BCUT2D eigenvalue weighted by Crippen LogP contribution is 2.28. The maximum atomic E-state index is 12.1. The lowest BCUT2D eigenvalue weighted by Gasteiger charge is -2.38. The van der Waals surface area contributed by atoms with Crippen LogP contribution in [0.15, 0.2) is 0 Å². The van der Waals surface area contributed by atoms with Crippen molar-refractivity contribution in [2.24, 2.45) is 5.92 Å². The van der Waals surface area contributed by atoms with Crippen LogP contribution in [0.1, 0.15) is 60.3 Å². The van der Waals surface area contributed by atoms with Gasteiger partial charge in [-0.25, -0.2) is 4.79 Å². The Hall–Kier alpha value is -0.810. The van der Waals surface area contributed by atoms with Gasteiger partial charge in [0.1, 0.15) is 5.60 Å². The molecular formula is C18H34N2O3. The van der Waals surface area contributed by atoms with E-state index in [4.69, 9.17) is 9.47 Å². The molecule has 2 aliphatic rings. The van der Waals surface area contributed by atoms with Crippen LogP contribution in [0, 0.1) is 5.92 Å². The summed E-state index contributed by atoms with van der Waals surface area (Å²) in [6, 6.07) is 0.532. The largest absolute Gasteiger partial charge is 0.444 e. The molecule has 5 heteroatoms. The third-order valence-electron chi connectivity index (χ3n) is 4.98. The van der Waals surface area contributed by atoms with E-state index in [1.54, 1.807) is 0 Å². The van der Waals surface area contributed by atoms with E-state index < -0.39 is 5.60 Å². The first-order chi connectivity index (χ1) is 10.7. The Morgan fingerprint density at radius 2 is 2.13 bits per heavy atom. The van der Waals surface area contributed by atoms with Crippen LogP contribution in [0.5, 0.6) is 0 Å². The molecule has 0 aromatic rings. The summed E-state index contributed by atoms with van der Waals surface area (Å²) < 4.78 is 11.4. The summed E-state index contributed by atoms with van der Waals surface area (Å²) in [4.78, 5) is 13.9. The monoisotopic (exact) mass is 326 g/mol. The van der Waals surface area contributed by atoms with Gasteiger partial charge in [-0.15, -0.1) is 0 Å². The zero-order valence-corrected chi connectivity index (χ0v) is 15.5. The molecule has 1 amide bonds. The van der Waals surface area contributed by atoms with E-state index in [0.717, 1.165) is 51.9 Å². The van der Waals surface area contributed by atoms with Gasteiger partial charge in [-0.05, 0) is 65.8 Å². The third-order valence-corrected chi connectivity index (χ3v) is 4.98. The highest BCUT2D eigenvalue weighted by Gasteiger charge is 2.33.